The van der Waals surface area contributed by atoms with Crippen LogP contribution in [-0.4, -0.2) is 53.7 Å². The van der Waals surface area contributed by atoms with Crippen molar-refractivity contribution < 1.29 is 19.1 Å². The minimum absolute atomic E-state index is 0.106. The summed E-state index contributed by atoms with van der Waals surface area (Å²) in [5.74, 6) is 0.337. The number of fused-ring (bicyclic) bond motifs is 1. The molecule has 4 rings (SSSR count). The molecule has 1 aromatic carbocycles. The molecule has 1 aromatic rings. The quantitative estimate of drug-likeness (QED) is 0.619. The number of hydrogen-bond acceptors (Lipinski definition) is 7. The molecule has 1 fully saturated rings. The molecular weight excluding hydrogens is 426 g/mol. The third kappa shape index (κ3) is 4.03. The number of carbonyl (C=O) groups is 2. The molecule has 0 aliphatic carbocycles. The van der Waals surface area contributed by atoms with Gasteiger partial charge in [0.1, 0.15) is 5.75 Å². The van der Waals surface area contributed by atoms with Gasteiger partial charge in [-0.05, 0) is 44.6 Å². The lowest BCUT2D eigenvalue weighted by molar-refractivity contribution is -0.136. The largest absolute Gasteiger partial charge is 0.496 e. The van der Waals surface area contributed by atoms with Gasteiger partial charge < -0.3 is 19.3 Å². The predicted octanol–water partition coefficient (Wildman–Crippen LogP) is 4.23. The van der Waals surface area contributed by atoms with Gasteiger partial charge in [0.15, 0.2) is 5.17 Å². The topological polar surface area (TPSA) is 71.4 Å². The highest BCUT2D eigenvalue weighted by molar-refractivity contribution is 8.16. The van der Waals surface area contributed by atoms with E-state index in [9.17, 15) is 9.59 Å². The van der Waals surface area contributed by atoms with E-state index in [1.807, 2.05) is 46.4 Å². The predicted molar refractivity (Wildman–Crippen MR) is 125 cm³/mol. The maximum absolute atomic E-state index is 13.2. The number of allylic oxidation sites excluding steroid dienone is 1. The molecule has 3 aliphatic rings. The normalized spacial score (nSPS) is 22.9. The molecular formula is C24H29N3O4S. The fourth-order valence-electron chi connectivity index (χ4n) is 4.65. The van der Waals surface area contributed by atoms with Crippen LogP contribution in [0.5, 0.6) is 5.75 Å². The van der Waals surface area contributed by atoms with Crippen LogP contribution < -0.4 is 4.74 Å². The first-order chi connectivity index (χ1) is 15.5. The average molecular weight is 456 g/mol. The Bertz CT molecular complexity index is 1020. The van der Waals surface area contributed by atoms with Crippen molar-refractivity contribution in [1.29, 1.82) is 0 Å². The third-order valence-electron chi connectivity index (χ3n) is 6.30. The smallest absolute Gasteiger partial charge is 0.338 e. The van der Waals surface area contributed by atoms with Crippen molar-refractivity contribution in [3.8, 4) is 5.75 Å². The van der Waals surface area contributed by atoms with Crippen LogP contribution in [0.25, 0.3) is 0 Å². The molecule has 0 saturated carbocycles. The number of likely N-dealkylation sites (tertiary alicyclic amines) is 1. The molecule has 32 heavy (non-hydrogen) atoms. The zero-order valence-corrected chi connectivity index (χ0v) is 19.8. The summed E-state index contributed by atoms with van der Waals surface area (Å²) in [6.07, 6.45) is 3.50. The summed E-state index contributed by atoms with van der Waals surface area (Å²) in [4.78, 5) is 34.7. The number of benzene rings is 1. The van der Waals surface area contributed by atoms with Crippen LogP contribution in [0.3, 0.4) is 0 Å². The summed E-state index contributed by atoms with van der Waals surface area (Å²) in [6, 6.07) is 7.39. The molecule has 170 valence electrons. The van der Waals surface area contributed by atoms with Crippen LogP contribution in [0.4, 0.5) is 0 Å². The number of carbonyl (C=O) groups excluding carboxylic acids is 2. The Hall–Kier alpha value is -2.74. The van der Waals surface area contributed by atoms with Crippen molar-refractivity contribution in [2.75, 3.05) is 20.8 Å². The highest BCUT2D eigenvalue weighted by Gasteiger charge is 2.42. The molecule has 0 radical (unpaired) electrons. The summed E-state index contributed by atoms with van der Waals surface area (Å²) in [5.41, 5.74) is 2.72. The van der Waals surface area contributed by atoms with Crippen molar-refractivity contribution in [2.24, 2.45) is 4.99 Å². The standard InChI is InChI=1S/C24H29N3O4S/c1-15-9-7-8-12-26(15)20(28)13-17-14-32-24-25-16(2)21(23(29)31-4)22(27(17)24)18-10-5-6-11-19(18)30-3/h5-6,10-11,14-15,22H,7-9,12-13H2,1-4H3. The van der Waals surface area contributed by atoms with E-state index in [2.05, 4.69) is 11.9 Å². The number of hydrogen-bond donors (Lipinski definition) is 0. The molecule has 3 aliphatic heterocycles. The number of para-hydroxylation sites is 1. The number of thioether (sulfide) groups is 1. The van der Waals surface area contributed by atoms with Gasteiger partial charge in [-0.25, -0.2) is 9.79 Å². The fraction of sp³-hybridized carbons (Fsp3) is 0.458. The number of nitrogens with zero attached hydrogens (tertiary/aromatic N) is 3. The van der Waals surface area contributed by atoms with Crippen LogP contribution in [0.15, 0.2) is 51.6 Å². The van der Waals surface area contributed by atoms with Gasteiger partial charge in [-0.3, -0.25) is 4.79 Å². The lowest BCUT2D eigenvalue weighted by Gasteiger charge is -2.38. The second-order valence-corrected chi connectivity index (χ2v) is 9.07. The van der Waals surface area contributed by atoms with Crippen LogP contribution >= 0.6 is 11.8 Å². The van der Waals surface area contributed by atoms with Crippen LogP contribution in [0.2, 0.25) is 0 Å². The summed E-state index contributed by atoms with van der Waals surface area (Å²) < 4.78 is 10.8. The lowest BCUT2D eigenvalue weighted by Crippen LogP contribution is -2.43. The van der Waals surface area contributed by atoms with Gasteiger partial charge in [-0.2, -0.15) is 0 Å². The Kier molecular flexibility index (Phi) is 6.60. The Morgan fingerprint density at radius 3 is 2.72 bits per heavy atom. The van der Waals surface area contributed by atoms with E-state index in [0.717, 1.165) is 42.2 Å². The molecule has 0 spiro atoms. The van der Waals surface area contributed by atoms with E-state index in [0.29, 0.717) is 17.0 Å². The summed E-state index contributed by atoms with van der Waals surface area (Å²) in [6.45, 7) is 4.73. The van der Waals surface area contributed by atoms with E-state index >= 15 is 0 Å². The van der Waals surface area contributed by atoms with Gasteiger partial charge in [0, 0.05) is 23.8 Å². The molecule has 0 N–H and O–H groups in total. The van der Waals surface area contributed by atoms with E-state index in [1.54, 1.807) is 7.11 Å². The first-order valence-electron chi connectivity index (χ1n) is 10.9. The zero-order valence-electron chi connectivity index (χ0n) is 19.0. The van der Waals surface area contributed by atoms with E-state index < -0.39 is 12.0 Å². The number of rotatable bonds is 5. The average Bonchev–Trinajstić information content (AvgIpc) is 3.19. The van der Waals surface area contributed by atoms with Gasteiger partial charge in [-0.15, -0.1) is 0 Å². The van der Waals surface area contributed by atoms with E-state index in [-0.39, 0.29) is 18.4 Å². The lowest BCUT2D eigenvalue weighted by atomic mass is 9.93. The SMILES string of the molecule is COC(=O)C1=C(C)N=C2SC=C(CC(=O)N3CCCCC3C)N2C1c1ccccc1OC. The highest BCUT2D eigenvalue weighted by atomic mass is 32.2. The maximum atomic E-state index is 13.2. The number of aliphatic imine (C=N–C) groups is 1. The molecule has 2 atom stereocenters. The molecule has 0 aromatic heterocycles. The number of amidine groups is 1. The minimum atomic E-state index is -0.487. The Balaban J connectivity index is 1.72. The second-order valence-electron chi connectivity index (χ2n) is 8.24. The maximum Gasteiger partial charge on any atom is 0.338 e. The van der Waals surface area contributed by atoms with Crippen LogP contribution in [0.1, 0.15) is 51.1 Å². The number of amides is 1. The van der Waals surface area contributed by atoms with Crippen molar-refractivity contribution in [1.82, 2.24) is 9.80 Å². The van der Waals surface area contributed by atoms with Crippen LogP contribution in [-0.2, 0) is 14.3 Å². The Morgan fingerprint density at radius 2 is 2.00 bits per heavy atom. The van der Waals surface area contributed by atoms with E-state index in [4.69, 9.17) is 9.47 Å². The number of ether oxygens (including phenoxy) is 2. The van der Waals surface area contributed by atoms with E-state index in [1.165, 1.54) is 18.9 Å². The van der Waals surface area contributed by atoms with Crippen molar-refractivity contribution in [3.05, 3.63) is 52.2 Å². The number of esters is 1. The van der Waals surface area contributed by atoms with Gasteiger partial charge >= 0.3 is 5.97 Å². The summed E-state index contributed by atoms with van der Waals surface area (Å²) >= 11 is 1.48. The highest BCUT2D eigenvalue weighted by Crippen LogP contribution is 2.47. The monoisotopic (exact) mass is 455 g/mol. The van der Waals surface area contributed by atoms with Gasteiger partial charge in [0.2, 0.25) is 5.91 Å². The molecule has 8 heteroatoms. The molecule has 2 unspecified atom stereocenters. The van der Waals surface area contributed by atoms with Gasteiger partial charge in [0.05, 0.1) is 38.0 Å². The molecule has 0 bridgehead atoms. The van der Waals surface area contributed by atoms with Crippen molar-refractivity contribution in [2.45, 2.75) is 51.6 Å². The molecule has 3 heterocycles. The fourth-order valence-corrected chi connectivity index (χ4v) is 5.62. The summed E-state index contributed by atoms with van der Waals surface area (Å²) in [7, 11) is 2.99. The first kappa shape index (κ1) is 22.5. The van der Waals surface area contributed by atoms with Crippen molar-refractivity contribution >= 4 is 28.8 Å². The minimum Gasteiger partial charge on any atom is -0.496 e. The molecule has 7 nitrogen and oxygen atoms in total. The van der Waals surface area contributed by atoms with Crippen LogP contribution in [0, 0.1) is 0 Å². The Morgan fingerprint density at radius 1 is 1.22 bits per heavy atom. The second kappa shape index (κ2) is 9.40. The Labute approximate surface area is 193 Å². The first-order valence-corrected chi connectivity index (χ1v) is 11.8. The summed E-state index contributed by atoms with van der Waals surface area (Å²) in [5, 5.41) is 2.72. The molecule has 1 amide bonds. The van der Waals surface area contributed by atoms with Gasteiger partial charge in [-0.1, -0.05) is 30.0 Å². The third-order valence-corrected chi connectivity index (χ3v) is 7.18. The number of methoxy groups -OCH3 is 2. The molecule has 1 saturated heterocycles. The zero-order chi connectivity index (χ0) is 22.8. The van der Waals surface area contributed by atoms with Crippen molar-refractivity contribution in [3.63, 3.8) is 0 Å². The number of piperidine rings is 1. The van der Waals surface area contributed by atoms with Gasteiger partial charge in [0.25, 0.3) is 0 Å².